The Kier molecular flexibility index (Phi) is 6.90. The third-order valence-electron chi connectivity index (χ3n) is 4.12. The van der Waals surface area contributed by atoms with Gasteiger partial charge in [0.15, 0.2) is 5.96 Å². The fraction of sp³-hybridized carbons (Fsp3) is 0.316. The Labute approximate surface area is 160 Å². The zero-order valence-corrected chi connectivity index (χ0v) is 16.5. The van der Waals surface area contributed by atoms with E-state index in [1.807, 2.05) is 7.05 Å². The van der Waals surface area contributed by atoms with Crippen molar-refractivity contribution < 1.29 is 4.74 Å². The maximum atomic E-state index is 5.68. The van der Waals surface area contributed by atoms with E-state index in [9.17, 15) is 0 Å². The monoisotopic (exact) mass is 437 g/mol. The SMILES string of the molecule is CN=C(NC)NCc1ccc(-c2ccc3c(c2)CCCO3)cc1.I. The molecule has 128 valence electrons. The smallest absolute Gasteiger partial charge is 0.190 e. The lowest BCUT2D eigenvalue weighted by molar-refractivity contribution is 0.288. The van der Waals surface area contributed by atoms with E-state index < -0.39 is 0 Å². The van der Waals surface area contributed by atoms with Gasteiger partial charge in [0, 0.05) is 20.6 Å². The van der Waals surface area contributed by atoms with Gasteiger partial charge in [-0.1, -0.05) is 30.3 Å². The molecule has 2 aromatic carbocycles. The lowest BCUT2D eigenvalue weighted by Gasteiger charge is -2.18. The standard InChI is InChI=1S/C19H23N3O.HI/c1-20-19(21-2)22-13-14-5-7-15(8-6-14)16-9-10-18-17(12-16)4-3-11-23-18;/h5-10,12H,3-4,11,13H2,1-2H3,(H2,20,21,22);1H. The zero-order valence-electron chi connectivity index (χ0n) is 14.1. The summed E-state index contributed by atoms with van der Waals surface area (Å²) >= 11 is 0. The molecule has 0 radical (unpaired) electrons. The summed E-state index contributed by atoms with van der Waals surface area (Å²) in [6.45, 7) is 1.59. The van der Waals surface area contributed by atoms with Gasteiger partial charge in [-0.3, -0.25) is 4.99 Å². The Hall–Kier alpha value is -1.76. The van der Waals surface area contributed by atoms with Crippen LogP contribution in [0.2, 0.25) is 0 Å². The average molecular weight is 437 g/mol. The van der Waals surface area contributed by atoms with Crippen molar-refractivity contribution in [2.75, 3.05) is 20.7 Å². The largest absolute Gasteiger partial charge is 0.493 e. The summed E-state index contributed by atoms with van der Waals surface area (Å²) in [5, 5.41) is 6.27. The first-order chi connectivity index (χ1) is 11.3. The molecule has 0 atom stereocenters. The Bertz CT molecular complexity index is 698. The summed E-state index contributed by atoms with van der Waals surface area (Å²) in [4.78, 5) is 4.11. The molecule has 0 aromatic heterocycles. The first kappa shape index (κ1) is 18.6. The van der Waals surface area contributed by atoms with Gasteiger partial charge in [-0.05, 0) is 47.2 Å². The van der Waals surface area contributed by atoms with Crippen molar-refractivity contribution >= 4 is 29.9 Å². The quantitative estimate of drug-likeness (QED) is 0.439. The molecule has 0 spiro atoms. The molecular weight excluding hydrogens is 413 g/mol. The van der Waals surface area contributed by atoms with Crippen LogP contribution < -0.4 is 15.4 Å². The van der Waals surface area contributed by atoms with Crippen molar-refractivity contribution in [1.82, 2.24) is 10.6 Å². The Morgan fingerprint density at radius 3 is 2.58 bits per heavy atom. The van der Waals surface area contributed by atoms with Gasteiger partial charge in [0.2, 0.25) is 0 Å². The molecule has 5 heteroatoms. The minimum atomic E-state index is 0. The second-order valence-electron chi connectivity index (χ2n) is 5.65. The highest BCUT2D eigenvalue weighted by atomic mass is 127. The van der Waals surface area contributed by atoms with Gasteiger partial charge >= 0.3 is 0 Å². The van der Waals surface area contributed by atoms with Gasteiger partial charge in [-0.25, -0.2) is 0 Å². The van der Waals surface area contributed by atoms with Crippen LogP contribution >= 0.6 is 24.0 Å². The molecule has 0 saturated carbocycles. The van der Waals surface area contributed by atoms with Crippen LogP contribution in [0.25, 0.3) is 11.1 Å². The third kappa shape index (κ3) is 4.41. The van der Waals surface area contributed by atoms with E-state index in [4.69, 9.17) is 4.74 Å². The lowest BCUT2D eigenvalue weighted by Crippen LogP contribution is -2.34. The van der Waals surface area contributed by atoms with E-state index in [0.717, 1.165) is 37.7 Å². The maximum absolute atomic E-state index is 5.68. The second kappa shape index (κ2) is 8.92. The fourth-order valence-corrected chi connectivity index (χ4v) is 2.82. The van der Waals surface area contributed by atoms with Crippen molar-refractivity contribution in [3.8, 4) is 16.9 Å². The Morgan fingerprint density at radius 1 is 1.12 bits per heavy atom. The predicted molar refractivity (Wildman–Crippen MR) is 110 cm³/mol. The van der Waals surface area contributed by atoms with E-state index >= 15 is 0 Å². The minimum absolute atomic E-state index is 0. The van der Waals surface area contributed by atoms with E-state index in [-0.39, 0.29) is 24.0 Å². The number of aliphatic imine (C=N–C) groups is 1. The van der Waals surface area contributed by atoms with E-state index in [0.29, 0.717) is 0 Å². The highest BCUT2D eigenvalue weighted by molar-refractivity contribution is 14.0. The molecule has 0 bridgehead atoms. The molecule has 1 heterocycles. The summed E-state index contributed by atoms with van der Waals surface area (Å²) in [6, 6.07) is 15.1. The van der Waals surface area contributed by atoms with E-state index in [1.54, 1.807) is 7.05 Å². The van der Waals surface area contributed by atoms with Crippen LogP contribution in [0, 0.1) is 0 Å². The van der Waals surface area contributed by atoms with Gasteiger partial charge in [0.05, 0.1) is 6.61 Å². The minimum Gasteiger partial charge on any atom is -0.493 e. The molecular formula is C19H24IN3O. The molecule has 0 saturated heterocycles. The highest BCUT2D eigenvalue weighted by Gasteiger charge is 2.11. The van der Waals surface area contributed by atoms with E-state index in [1.165, 1.54) is 22.3 Å². The van der Waals surface area contributed by atoms with Gasteiger partial charge in [0.1, 0.15) is 5.75 Å². The summed E-state index contributed by atoms with van der Waals surface area (Å²) in [7, 11) is 3.62. The number of aryl methyl sites for hydroxylation is 1. The van der Waals surface area contributed by atoms with Gasteiger partial charge in [-0.2, -0.15) is 0 Å². The topological polar surface area (TPSA) is 45.7 Å². The second-order valence-corrected chi connectivity index (χ2v) is 5.65. The number of hydrogen-bond donors (Lipinski definition) is 2. The summed E-state index contributed by atoms with van der Waals surface area (Å²) in [6.07, 6.45) is 2.21. The molecule has 0 unspecified atom stereocenters. The van der Waals surface area contributed by atoms with Crippen LogP contribution in [0.15, 0.2) is 47.5 Å². The van der Waals surface area contributed by atoms with Gasteiger partial charge in [-0.15, -0.1) is 24.0 Å². The number of rotatable bonds is 3. The van der Waals surface area contributed by atoms with Crippen LogP contribution in [0.3, 0.4) is 0 Å². The molecule has 24 heavy (non-hydrogen) atoms. The number of hydrogen-bond acceptors (Lipinski definition) is 2. The zero-order chi connectivity index (χ0) is 16.1. The molecule has 3 rings (SSSR count). The summed E-state index contributed by atoms with van der Waals surface area (Å²) in [5.74, 6) is 1.84. The van der Waals surface area contributed by atoms with Crippen molar-refractivity contribution in [3.63, 3.8) is 0 Å². The highest BCUT2D eigenvalue weighted by Crippen LogP contribution is 2.30. The van der Waals surface area contributed by atoms with Gasteiger partial charge < -0.3 is 15.4 Å². The Balaban J connectivity index is 0.00000208. The molecule has 4 nitrogen and oxygen atoms in total. The molecule has 0 fully saturated rings. The van der Waals surface area contributed by atoms with Crippen molar-refractivity contribution in [2.24, 2.45) is 4.99 Å². The van der Waals surface area contributed by atoms with Crippen molar-refractivity contribution in [3.05, 3.63) is 53.6 Å². The average Bonchev–Trinajstić information content (AvgIpc) is 2.63. The molecule has 0 amide bonds. The van der Waals surface area contributed by atoms with Crippen molar-refractivity contribution in [2.45, 2.75) is 19.4 Å². The number of nitrogens with zero attached hydrogens (tertiary/aromatic N) is 1. The van der Waals surface area contributed by atoms with Crippen LogP contribution in [0.1, 0.15) is 17.5 Å². The molecule has 1 aliphatic heterocycles. The predicted octanol–water partition coefficient (Wildman–Crippen LogP) is 3.59. The molecule has 2 N–H and O–H groups in total. The number of fused-ring (bicyclic) bond motifs is 1. The molecule has 0 aliphatic carbocycles. The molecule has 1 aliphatic rings. The van der Waals surface area contributed by atoms with E-state index in [2.05, 4.69) is 58.1 Å². The first-order valence-electron chi connectivity index (χ1n) is 8.03. The number of benzene rings is 2. The van der Waals surface area contributed by atoms with Crippen LogP contribution in [-0.2, 0) is 13.0 Å². The maximum Gasteiger partial charge on any atom is 0.190 e. The third-order valence-corrected chi connectivity index (χ3v) is 4.12. The van der Waals surface area contributed by atoms with Gasteiger partial charge in [0.25, 0.3) is 0 Å². The van der Waals surface area contributed by atoms with Crippen LogP contribution in [0.5, 0.6) is 5.75 Å². The number of guanidine groups is 1. The summed E-state index contributed by atoms with van der Waals surface area (Å²) in [5.41, 5.74) is 5.03. The fourth-order valence-electron chi connectivity index (χ4n) is 2.82. The van der Waals surface area contributed by atoms with Crippen LogP contribution in [0.4, 0.5) is 0 Å². The lowest BCUT2D eigenvalue weighted by atomic mass is 9.98. The normalized spacial score (nSPS) is 13.3. The number of halogens is 1. The first-order valence-corrected chi connectivity index (χ1v) is 8.03. The number of ether oxygens (including phenoxy) is 1. The van der Waals surface area contributed by atoms with Crippen molar-refractivity contribution in [1.29, 1.82) is 0 Å². The Morgan fingerprint density at radius 2 is 1.88 bits per heavy atom. The molecule has 2 aromatic rings. The van der Waals surface area contributed by atoms with Crippen LogP contribution in [-0.4, -0.2) is 26.7 Å². The summed E-state index contributed by atoms with van der Waals surface area (Å²) < 4.78 is 5.68. The number of nitrogens with one attached hydrogen (secondary N) is 2.